The second kappa shape index (κ2) is 5.38. The normalized spacial score (nSPS) is 43.9. The minimum absolute atomic E-state index is 0.0326. The summed E-state index contributed by atoms with van der Waals surface area (Å²) >= 11 is 1.85. The van der Waals surface area contributed by atoms with E-state index in [9.17, 15) is 5.11 Å². The molecule has 0 spiro atoms. The van der Waals surface area contributed by atoms with Crippen LogP contribution in [-0.2, 0) is 4.74 Å². The van der Waals surface area contributed by atoms with Gasteiger partial charge in [-0.1, -0.05) is 27.7 Å². The maximum absolute atomic E-state index is 9.22. The summed E-state index contributed by atoms with van der Waals surface area (Å²) in [7, 11) is 0. The van der Waals surface area contributed by atoms with Crippen LogP contribution in [0.1, 0.15) is 27.7 Å². The Morgan fingerprint density at radius 3 is 2.29 bits per heavy atom. The molecule has 14 heavy (non-hydrogen) atoms. The van der Waals surface area contributed by atoms with Crippen molar-refractivity contribution in [2.45, 2.75) is 39.2 Å². The molecule has 84 valence electrons. The minimum Gasteiger partial charge on any atom is -0.394 e. The maximum atomic E-state index is 9.22. The first-order valence-electron chi connectivity index (χ1n) is 5.49. The highest BCUT2D eigenvalue weighted by molar-refractivity contribution is 7.99. The van der Waals surface area contributed by atoms with Crippen LogP contribution in [0.4, 0.5) is 0 Å². The molecular formula is C11H22O2S. The van der Waals surface area contributed by atoms with Crippen molar-refractivity contribution in [2.75, 3.05) is 12.4 Å². The minimum atomic E-state index is 0.0326. The van der Waals surface area contributed by atoms with Gasteiger partial charge in [-0.3, -0.25) is 0 Å². The quantitative estimate of drug-likeness (QED) is 0.788. The van der Waals surface area contributed by atoms with E-state index in [4.69, 9.17) is 4.74 Å². The van der Waals surface area contributed by atoms with Crippen molar-refractivity contribution in [1.82, 2.24) is 0 Å². The molecule has 1 aliphatic rings. The van der Waals surface area contributed by atoms with Crippen molar-refractivity contribution in [3.05, 3.63) is 0 Å². The van der Waals surface area contributed by atoms with E-state index in [1.165, 1.54) is 0 Å². The average Bonchev–Trinajstić information content (AvgIpc) is 2.19. The zero-order valence-electron chi connectivity index (χ0n) is 9.56. The van der Waals surface area contributed by atoms with Crippen LogP contribution in [0.3, 0.4) is 0 Å². The molecule has 0 aromatic rings. The molecule has 1 heterocycles. The number of aliphatic hydroxyl groups excluding tert-OH is 1. The molecule has 0 aromatic carbocycles. The highest BCUT2D eigenvalue weighted by atomic mass is 32.2. The lowest BCUT2D eigenvalue weighted by atomic mass is 9.80. The van der Waals surface area contributed by atoms with Gasteiger partial charge in [0.25, 0.3) is 0 Å². The number of rotatable bonds is 3. The Morgan fingerprint density at radius 2 is 1.79 bits per heavy atom. The first-order valence-corrected chi connectivity index (χ1v) is 6.54. The fourth-order valence-electron chi connectivity index (χ4n) is 2.05. The number of hydrogen-bond acceptors (Lipinski definition) is 3. The van der Waals surface area contributed by atoms with Gasteiger partial charge in [0.05, 0.1) is 12.7 Å². The first kappa shape index (κ1) is 12.3. The molecule has 0 aliphatic carbocycles. The zero-order chi connectivity index (χ0) is 10.7. The summed E-state index contributed by atoms with van der Waals surface area (Å²) in [6, 6.07) is 0. The summed E-state index contributed by atoms with van der Waals surface area (Å²) in [5.74, 6) is 2.75. The van der Waals surface area contributed by atoms with E-state index in [1.54, 1.807) is 0 Å². The molecule has 1 aliphatic heterocycles. The SMILES string of the molecule is CCS[C@@H]1OC(CO)[C@H](C)[C@H](C)C1C. The van der Waals surface area contributed by atoms with Gasteiger partial charge in [0.1, 0.15) is 5.44 Å². The van der Waals surface area contributed by atoms with E-state index in [1.807, 2.05) is 11.8 Å². The molecule has 2 nitrogen and oxygen atoms in total. The number of hydrogen-bond donors (Lipinski definition) is 1. The van der Waals surface area contributed by atoms with Gasteiger partial charge in [-0.25, -0.2) is 0 Å². The van der Waals surface area contributed by atoms with Gasteiger partial charge in [0, 0.05) is 0 Å². The van der Waals surface area contributed by atoms with E-state index in [0.29, 0.717) is 17.8 Å². The monoisotopic (exact) mass is 218 g/mol. The van der Waals surface area contributed by atoms with Crippen molar-refractivity contribution >= 4 is 11.8 Å². The fraction of sp³-hybridized carbons (Fsp3) is 1.00. The smallest absolute Gasteiger partial charge is 0.106 e. The zero-order valence-corrected chi connectivity index (χ0v) is 10.4. The molecule has 3 heteroatoms. The Bertz CT molecular complexity index is 171. The maximum Gasteiger partial charge on any atom is 0.106 e. The third-order valence-corrected chi connectivity index (χ3v) is 4.70. The van der Waals surface area contributed by atoms with E-state index in [-0.39, 0.29) is 18.1 Å². The van der Waals surface area contributed by atoms with Crippen LogP contribution in [0, 0.1) is 17.8 Å². The molecule has 0 bridgehead atoms. The molecule has 0 amide bonds. The highest BCUT2D eigenvalue weighted by Crippen LogP contribution is 2.38. The Labute approximate surface area is 91.4 Å². The summed E-state index contributed by atoms with van der Waals surface area (Å²) in [4.78, 5) is 0. The van der Waals surface area contributed by atoms with Crippen molar-refractivity contribution in [3.63, 3.8) is 0 Å². The third kappa shape index (κ3) is 2.44. The van der Waals surface area contributed by atoms with E-state index in [0.717, 1.165) is 5.75 Å². The molecule has 5 atom stereocenters. The van der Waals surface area contributed by atoms with E-state index < -0.39 is 0 Å². The number of aliphatic hydroxyl groups is 1. The first-order chi connectivity index (χ1) is 6.61. The summed E-state index contributed by atoms with van der Waals surface area (Å²) in [6.45, 7) is 9.00. The molecule has 2 unspecified atom stereocenters. The van der Waals surface area contributed by atoms with Gasteiger partial charge in [-0.2, -0.15) is 0 Å². The standard InChI is InChI=1S/C11H22O2S/c1-5-14-11-9(4)7(2)8(3)10(6-12)13-11/h7-12H,5-6H2,1-4H3/t7-,8+,9?,10?,11-/m0/s1. The van der Waals surface area contributed by atoms with E-state index in [2.05, 4.69) is 27.7 Å². The van der Waals surface area contributed by atoms with Gasteiger partial charge in [0.15, 0.2) is 0 Å². The summed E-state index contributed by atoms with van der Waals surface area (Å²) in [5.41, 5.74) is 0.267. The summed E-state index contributed by atoms with van der Waals surface area (Å²) < 4.78 is 5.88. The lowest BCUT2D eigenvalue weighted by molar-refractivity contribution is -0.112. The van der Waals surface area contributed by atoms with E-state index >= 15 is 0 Å². The summed E-state index contributed by atoms with van der Waals surface area (Å²) in [5, 5.41) is 9.22. The van der Waals surface area contributed by atoms with Crippen LogP contribution in [0.15, 0.2) is 0 Å². The molecule has 1 rings (SSSR count). The molecule has 1 saturated heterocycles. The highest BCUT2D eigenvalue weighted by Gasteiger charge is 2.38. The van der Waals surface area contributed by atoms with Crippen LogP contribution in [0.25, 0.3) is 0 Å². The predicted molar refractivity (Wildman–Crippen MR) is 61.4 cm³/mol. The Kier molecular flexibility index (Phi) is 4.74. The van der Waals surface area contributed by atoms with Crippen LogP contribution >= 0.6 is 11.8 Å². The van der Waals surface area contributed by atoms with Gasteiger partial charge < -0.3 is 9.84 Å². The van der Waals surface area contributed by atoms with Crippen molar-refractivity contribution in [1.29, 1.82) is 0 Å². The molecule has 0 saturated carbocycles. The molecule has 1 N–H and O–H groups in total. The molecule has 1 fully saturated rings. The number of thioether (sulfide) groups is 1. The molecule has 0 radical (unpaired) electrons. The van der Waals surface area contributed by atoms with Gasteiger partial charge in [-0.15, -0.1) is 11.8 Å². The lowest BCUT2D eigenvalue weighted by Gasteiger charge is -2.42. The van der Waals surface area contributed by atoms with Crippen molar-refractivity contribution < 1.29 is 9.84 Å². The summed E-state index contributed by atoms with van der Waals surface area (Å²) in [6.07, 6.45) is 0.0326. The van der Waals surface area contributed by atoms with Crippen LogP contribution in [0.5, 0.6) is 0 Å². The van der Waals surface area contributed by atoms with Crippen molar-refractivity contribution in [3.8, 4) is 0 Å². The Balaban J connectivity index is 2.63. The predicted octanol–water partition coefficient (Wildman–Crippen LogP) is 2.37. The molecular weight excluding hydrogens is 196 g/mol. The Morgan fingerprint density at radius 1 is 1.14 bits per heavy atom. The van der Waals surface area contributed by atoms with Crippen LogP contribution in [0.2, 0.25) is 0 Å². The van der Waals surface area contributed by atoms with Gasteiger partial charge in [-0.05, 0) is 23.5 Å². The lowest BCUT2D eigenvalue weighted by Crippen LogP contribution is -2.44. The topological polar surface area (TPSA) is 29.5 Å². The second-order valence-corrected chi connectivity index (χ2v) is 5.63. The number of ether oxygens (including phenoxy) is 1. The largest absolute Gasteiger partial charge is 0.394 e. The van der Waals surface area contributed by atoms with Crippen molar-refractivity contribution in [2.24, 2.45) is 17.8 Å². The second-order valence-electron chi connectivity index (χ2n) is 4.26. The Hall–Kier alpha value is 0.270. The van der Waals surface area contributed by atoms with Crippen LogP contribution in [-0.4, -0.2) is 29.0 Å². The fourth-order valence-corrected chi connectivity index (χ4v) is 3.15. The third-order valence-electron chi connectivity index (χ3n) is 3.49. The average molecular weight is 218 g/mol. The van der Waals surface area contributed by atoms with Gasteiger partial charge in [0.2, 0.25) is 0 Å². The van der Waals surface area contributed by atoms with Crippen LogP contribution < -0.4 is 0 Å². The van der Waals surface area contributed by atoms with Gasteiger partial charge >= 0.3 is 0 Å². The molecule has 0 aromatic heterocycles.